The van der Waals surface area contributed by atoms with Crippen LogP contribution < -0.4 is 10.1 Å². The second-order valence-electron chi connectivity index (χ2n) is 4.91. The van der Waals surface area contributed by atoms with Crippen LogP contribution in [0.1, 0.15) is 15.9 Å². The van der Waals surface area contributed by atoms with Gasteiger partial charge in [-0.1, -0.05) is 18.2 Å². The third-order valence-corrected chi connectivity index (χ3v) is 4.30. The highest BCUT2D eigenvalue weighted by molar-refractivity contribution is 7.13. The highest BCUT2D eigenvalue weighted by Gasteiger charge is 2.11. The number of pyridine rings is 1. The first-order valence-corrected chi connectivity index (χ1v) is 8.06. The maximum absolute atomic E-state index is 12.3. The lowest BCUT2D eigenvalue weighted by Crippen LogP contribution is -2.23. The molecule has 2 aromatic heterocycles. The zero-order valence-corrected chi connectivity index (χ0v) is 13.5. The lowest BCUT2D eigenvalue weighted by molar-refractivity contribution is 0.0948. The monoisotopic (exact) mass is 324 g/mol. The minimum absolute atomic E-state index is 0.156. The van der Waals surface area contributed by atoms with Crippen LogP contribution in [0.5, 0.6) is 5.75 Å². The van der Waals surface area contributed by atoms with E-state index in [2.05, 4.69) is 10.3 Å². The Labute approximate surface area is 138 Å². The number of benzene rings is 1. The van der Waals surface area contributed by atoms with E-state index in [4.69, 9.17) is 4.74 Å². The molecule has 0 aliphatic carbocycles. The maximum Gasteiger partial charge on any atom is 0.255 e. The van der Waals surface area contributed by atoms with Gasteiger partial charge in [-0.15, -0.1) is 11.3 Å². The third kappa shape index (κ3) is 3.57. The minimum Gasteiger partial charge on any atom is -0.496 e. The zero-order chi connectivity index (χ0) is 16.1. The Morgan fingerprint density at radius 2 is 2.09 bits per heavy atom. The summed E-state index contributed by atoms with van der Waals surface area (Å²) in [6.07, 6.45) is 1.76. The Bertz CT molecular complexity index is 800. The summed E-state index contributed by atoms with van der Waals surface area (Å²) in [5, 5.41) is 4.94. The van der Waals surface area contributed by atoms with Gasteiger partial charge in [0.05, 0.1) is 23.2 Å². The van der Waals surface area contributed by atoms with Gasteiger partial charge in [0.1, 0.15) is 5.75 Å². The molecule has 0 spiro atoms. The molecule has 23 heavy (non-hydrogen) atoms. The van der Waals surface area contributed by atoms with Gasteiger partial charge in [-0.2, -0.15) is 0 Å². The van der Waals surface area contributed by atoms with E-state index in [0.29, 0.717) is 17.9 Å². The van der Waals surface area contributed by atoms with Gasteiger partial charge in [-0.05, 0) is 41.3 Å². The fourth-order valence-electron chi connectivity index (χ4n) is 2.25. The van der Waals surface area contributed by atoms with Crippen LogP contribution in [-0.2, 0) is 6.54 Å². The number of ether oxygens (including phenoxy) is 1. The van der Waals surface area contributed by atoms with Crippen LogP contribution in [0.3, 0.4) is 0 Å². The predicted molar refractivity (Wildman–Crippen MR) is 91.7 cm³/mol. The number of carbonyl (C=O) groups is 1. The minimum atomic E-state index is -0.156. The summed E-state index contributed by atoms with van der Waals surface area (Å²) in [5.74, 6) is 0.413. The molecule has 0 radical (unpaired) electrons. The normalized spacial score (nSPS) is 10.3. The zero-order valence-electron chi connectivity index (χ0n) is 12.7. The van der Waals surface area contributed by atoms with Gasteiger partial charge in [0.15, 0.2) is 0 Å². The van der Waals surface area contributed by atoms with Crippen LogP contribution in [0, 0.1) is 0 Å². The van der Waals surface area contributed by atoms with Crippen molar-refractivity contribution >= 4 is 17.2 Å². The molecule has 1 N–H and O–H groups in total. The molecule has 116 valence electrons. The average Bonchev–Trinajstić information content (AvgIpc) is 3.14. The Morgan fingerprint density at radius 3 is 2.87 bits per heavy atom. The number of aromatic nitrogens is 1. The summed E-state index contributed by atoms with van der Waals surface area (Å²) >= 11 is 1.64. The van der Waals surface area contributed by atoms with Crippen molar-refractivity contribution < 1.29 is 9.53 Å². The summed E-state index contributed by atoms with van der Waals surface area (Å²) in [6.45, 7) is 0.442. The van der Waals surface area contributed by atoms with Gasteiger partial charge in [0.25, 0.3) is 5.91 Å². The standard InChI is InChI=1S/C18H16N2O2S/c1-22-16-6-3-2-5-14(16)18(21)20-12-13-8-9-19-15(11-13)17-7-4-10-23-17/h2-11H,12H2,1H3,(H,20,21). The quantitative estimate of drug-likeness (QED) is 0.777. The van der Waals surface area contributed by atoms with Gasteiger partial charge >= 0.3 is 0 Å². The first kappa shape index (κ1) is 15.2. The molecule has 2 heterocycles. The Morgan fingerprint density at radius 1 is 1.22 bits per heavy atom. The van der Waals surface area contributed by atoms with Crippen LogP contribution in [-0.4, -0.2) is 18.0 Å². The van der Waals surface area contributed by atoms with E-state index in [1.807, 2.05) is 41.8 Å². The van der Waals surface area contributed by atoms with E-state index in [9.17, 15) is 4.79 Å². The van der Waals surface area contributed by atoms with Crippen molar-refractivity contribution in [2.75, 3.05) is 7.11 Å². The van der Waals surface area contributed by atoms with Crippen molar-refractivity contribution in [1.82, 2.24) is 10.3 Å². The summed E-state index contributed by atoms with van der Waals surface area (Å²) in [7, 11) is 1.56. The van der Waals surface area contributed by atoms with Crippen molar-refractivity contribution in [3.8, 4) is 16.3 Å². The van der Waals surface area contributed by atoms with E-state index in [0.717, 1.165) is 16.1 Å². The molecule has 0 unspecified atom stereocenters. The fourth-order valence-corrected chi connectivity index (χ4v) is 2.95. The van der Waals surface area contributed by atoms with Crippen LogP contribution in [0.15, 0.2) is 60.1 Å². The summed E-state index contributed by atoms with van der Waals surface area (Å²) < 4.78 is 5.22. The second kappa shape index (κ2) is 7.07. The average molecular weight is 324 g/mol. The Balaban J connectivity index is 1.71. The molecule has 0 bridgehead atoms. The number of amides is 1. The van der Waals surface area contributed by atoms with E-state index >= 15 is 0 Å². The number of rotatable bonds is 5. The lowest BCUT2D eigenvalue weighted by Gasteiger charge is -2.09. The SMILES string of the molecule is COc1ccccc1C(=O)NCc1ccnc(-c2cccs2)c1. The molecular formula is C18H16N2O2S. The van der Waals surface area contributed by atoms with Crippen molar-refractivity contribution in [2.24, 2.45) is 0 Å². The number of para-hydroxylation sites is 1. The molecule has 0 fully saturated rings. The molecule has 0 saturated carbocycles. The van der Waals surface area contributed by atoms with Gasteiger partial charge in [0.2, 0.25) is 0 Å². The van der Waals surface area contributed by atoms with Crippen molar-refractivity contribution in [1.29, 1.82) is 0 Å². The molecule has 0 aliphatic rings. The molecule has 3 rings (SSSR count). The number of methoxy groups -OCH3 is 1. The number of hydrogen-bond donors (Lipinski definition) is 1. The van der Waals surface area contributed by atoms with Gasteiger partial charge in [-0.25, -0.2) is 0 Å². The summed E-state index contributed by atoms with van der Waals surface area (Å²) in [6, 6.07) is 15.1. The van der Waals surface area contributed by atoms with E-state index in [1.165, 1.54) is 0 Å². The largest absolute Gasteiger partial charge is 0.496 e. The van der Waals surface area contributed by atoms with Crippen LogP contribution in [0.2, 0.25) is 0 Å². The molecule has 0 saturated heterocycles. The number of thiophene rings is 1. The lowest BCUT2D eigenvalue weighted by atomic mass is 10.1. The van der Waals surface area contributed by atoms with E-state index < -0.39 is 0 Å². The topological polar surface area (TPSA) is 51.2 Å². The molecule has 1 aromatic carbocycles. The molecule has 0 atom stereocenters. The number of nitrogens with one attached hydrogen (secondary N) is 1. The molecule has 3 aromatic rings. The smallest absolute Gasteiger partial charge is 0.255 e. The van der Waals surface area contributed by atoms with Crippen LogP contribution >= 0.6 is 11.3 Å². The van der Waals surface area contributed by atoms with Crippen LogP contribution in [0.4, 0.5) is 0 Å². The molecule has 0 aliphatic heterocycles. The summed E-state index contributed by atoms with van der Waals surface area (Å²) in [5.41, 5.74) is 2.46. The van der Waals surface area contributed by atoms with Crippen molar-refractivity contribution in [3.05, 3.63) is 71.2 Å². The van der Waals surface area contributed by atoms with Crippen molar-refractivity contribution in [2.45, 2.75) is 6.54 Å². The van der Waals surface area contributed by atoms with Crippen LogP contribution in [0.25, 0.3) is 10.6 Å². The second-order valence-corrected chi connectivity index (χ2v) is 5.86. The van der Waals surface area contributed by atoms with Crippen molar-refractivity contribution in [3.63, 3.8) is 0 Å². The molecule has 4 nitrogen and oxygen atoms in total. The Kier molecular flexibility index (Phi) is 4.68. The van der Waals surface area contributed by atoms with Gasteiger partial charge in [0, 0.05) is 12.7 Å². The first-order chi connectivity index (χ1) is 11.3. The number of nitrogens with zero attached hydrogens (tertiary/aromatic N) is 1. The third-order valence-electron chi connectivity index (χ3n) is 3.40. The predicted octanol–water partition coefficient (Wildman–Crippen LogP) is 3.75. The van der Waals surface area contributed by atoms with E-state index in [1.54, 1.807) is 36.8 Å². The Hall–Kier alpha value is -2.66. The van der Waals surface area contributed by atoms with Gasteiger partial charge in [-0.3, -0.25) is 9.78 Å². The summed E-state index contributed by atoms with van der Waals surface area (Å²) in [4.78, 5) is 17.8. The van der Waals surface area contributed by atoms with E-state index in [-0.39, 0.29) is 5.91 Å². The molecule has 1 amide bonds. The highest BCUT2D eigenvalue weighted by Crippen LogP contribution is 2.23. The molecular weight excluding hydrogens is 308 g/mol. The number of hydrogen-bond acceptors (Lipinski definition) is 4. The molecule has 5 heteroatoms. The number of carbonyl (C=O) groups excluding carboxylic acids is 1. The first-order valence-electron chi connectivity index (χ1n) is 7.18. The fraction of sp³-hybridized carbons (Fsp3) is 0.111. The highest BCUT2D eigenvalue weighted by atomic mass is 32.1. The van der Waals surface area contributed by atoms with Gasteiger partial charge < -0.3 is 10.1 Å². The maximum atomic E-state index is 12.3.